The van der Waals surface area contributed by atoms with E-state index in [0.717, 1.165) is 54.4 Å². The Labute approximate surface area is 238 Å². The normalized spacial score (nSPS) is 17.4. The molecule has 40 heavy (non-hydrogen) atoms. The van der Waals surface area contributed by atoms with Crippen LogP contribution in [-0.2, 0) is 22.6 Å². The van der Waals surface area contributed by atoms with Crippen LogP contribution in [0.15, 0.2) is 71.8 Å². The summed E-state index contributed by atoms with van der Waals surface area (Å²) >= 11 is 1.45. The molecule has 1 fully saturated rings. The summed E-state index contributed by atoms with van der Waals surface area (Å²) in [6.45, 7) is 1.87. The summed E-state index contributed by atoms with van der Waals surface area (Å²) in [4.78, 5) is 25.3. The topological polar surface area (TPSA) is 68.2 Å². The number of rotatable bonds is 9. The first kappa shape index (κ1) is 27.9. The summed E-state index contributed by atoms with van der Waals surface area (Å²) in [5.41, 5.74) is 3.42. The predicted octanol–water partition coefficient (Wildman–Crippen LogP) is 7.06. The number of hydrazone groups is 1. The number of halogens is 1. The van der Waals surface area contributed by atoms with E-state index in [4.69, 9.17) is 14.6 Å². The van der Waals surface area contributed by atoms with Crippen LogP contribution in [0, 0.1) is 11.7 Å². The maximum atomic E-state index is 13.8. The molecule has 0 aromatic heterocycles. The van der Waals surface area contributed by atoms with E-state index in [1.54, 1.807) is 31.2 Å². The van der Waals surface area contributed by atoms with Gasteiger partial charge in [0.15, 0.2) is 11.5 Å². The summed E-state index contributed by atoms with van der Waals surface area (Å²) < 4.78 is 25.7. The third-order valence-corrected chi connectivity index (χ3v) is 8.45. The van der Waals surface area contributed by atoms with Gasteiger partial charge >= 0.3 is 0 Å². The Bertz CT molecular complexity index is 1400. The first-order valence-electron chi connectivity index (χ1n) is 13.6. The lowest BCUT2D eigenvalue weighted by Gasteiger charge is -2.28. The van der Waals surface area contributed by atoms with Gasteiger partial charge in [0.25, 0.3) is 0 Å². The summed E-state index contributed by atoms with van der Waals surface area (Å²) in [6, 6.07) is 19.6. The van der Waals surface area contributed by atoms with Crippen molar-refractivity contribution in [1.29, 1.82) is 0 Å². The van der Waals surface area contributed by atoms with Crippen molar-refractivity contribution in [2.24, 2.45) is 11.0 Å². The number of methoxy groups -OCH3 is 1. The number of ketones is 1. The SMILES string of the molecule is COc1c(OCc2cccc(CC(C)=O)c2)cccc1C1SC(c2ccc(F)cc2)=NN1C(=O)C1CCCCC1. The number of thioether (sulfide) groups is 1. The summed E-state index contributed by atoms with van der Waals surface area (Å²) in [5, 5.41) is 6.56. The Morgan fingerprint density at radius 2 is 1.73 bits per heavy atom. The molecule has 0 spiro atoms. The van der Waals surface area contributed by atoms with Gasteiger partial charge < -0.3 is 9.47 Å². The van der Waals surface area contributed by atoms with Crippen molar-refractivity contribution < 1.29 is 23.5 Å². The van der Waals surface area contributed by atoms with Crippen LogP contribution in [0.2, 0.25) is 0 Å². The zero-order valence-electron chi connectivity index (χ0n) is 22.8. The van der Waals surface area contributed by atoms with Crippen LogP contribution in [0.3, 0.4) is 0 Å². The van der Waals surface area contributed by atoms with Crippen molar-refractivity contribution in [3.63, 3.8) is 0 Å². The van der Waals surface area contributed by atoms with Crippen LogP contribution >= 0.6 is 11.8 Å². The zero-order valence-corrected chi connectivity index (χ0v) is 23.6. The molecule has 0 radical (unpaired) electrons. The fraction of sp³-hybridized carbons (Fsp3) is 0.344. The molecule has 3 aromatic rings. The minimum absolute atomic E-state index is 0.00460. The number of para-hydroxylation sites is 1. The number of carbonyl (C=O) groups is 2. The van der Waals surface area contributed by atoms with Crippen LogP contribution in [0.1, 0.15) is 66.7 Å². The Kier molecular flexibility index (Phi) is 8.85. The van der Waals surface area contributed by atoms with Crippen LogP contribution in [0.25, 0.3) is 0 Å². The zero-order chi connectivity index (χ0) is 28.1. The van der Waals surface area contributed by atoms with Crippen molar-refractivity contribution in [3.8, 4) is 11.5 Å². The van der Waals surface area contributed by atoms with Crippen molar-refractivity contribution in [2.75, 3.05) is 7.11 Å². The highest BCUT2D eigenvalue weighted by Gasteiger charge is 2.39. The molecule has 6 nitrogen and oxygen atoms in total. The molecule has 1 heterocycles. The van der Waals surface area contributed by atoms with E-state index in [1.807, 2.05) is 42.5 Å². The fourth-order valence-corrected chi connectivity index (χ4v) is 6.46. The largest absolute Gasteiger partial charge is 0.492 e. The van der Waals surface area contributed by atoms with Gasteiger partial charge in [-0.1, -0.05) is 67.4 Å². The van der Waals surface area contributed by atoms with Gasteiger partial charge in [-0.15, -0.1) is 0 Å². The van der Waals surface area contributed by atoms with Crippen molar-refractivity contribution in [2.45, 2.75) is 57.4 Å². The molecular weight excluding hydrogens is 527 g/mol. The molecule has 1 saturated carbocycles. The average Bonchev–Trinajstić information content (AvgIpc) is 3.41. The van der Waals surface area contributed by atoms with Gasteiger partial charge in [0.1, 0.15) is 28.6 Å². The second-order valence-electron chi connectivity index (χ2n) is 10.3. The molecule has 1 unspecified atom stereocenters. The highest BCUT2D eigenvalue weighted by molar-refractivity contribution is 8.14. The first-order chi connectivity index (χ1) is 19.4. The second kappa shape index (κ2) is 12.7. The van der Waals surface area contributed by atoms with E-state index in [2.05, 4.69) is 0 Å². The molecule has 0 bridgehead atoms. The van der Waals surface area contributed by atoms with E-state index >= 15 is 0 Å². The van der Waals surface area contributed by atoms with Gasteiger partial charge in [0, 0.05) is 23.5 Å². The lowest BCUT2D eigenvalue weighted by Crippen LogP contribution is -2.33. The van der Waals surface area contributed by atoms with E-state index < -0.39 is 5.37 Å². The van der Waals surface area contributed by atoms with Gasteiger partial charge in [0.05, 0.1) is 7.11 Å². The number of hydrogen-bond donors (Lipinski definition) is 0. The minimum atomic E-state index is -0.452. The Hall–Kier alpha value is -3.65. The van der Waals surface area contributed by atoms with Crippen LogP contribution < -0.4 is 9.47 Å². The van der Waals surface area contributed by atoms with E-state index in [-0.39, 0.29) is 23.4 Å². The van der Waals surface area contributed by atoms with Crippen molar-refractivity contribution in [1.82, 2.24) is 5.01 Å². The average molecular weight is 561 g/mol. The summed E-state index contributed by atoms with van der Waals surface area (Å²) in [7, 11) is 1.59. The summed E-state index contributed by atoms with van der Waals surface area (Å²) in [6.07, 6.45) is 5.33. The number of Topliss-reactive ketones (excluding diaryl/α,β-unsaturated/α-hetero) is 1. The van der Waals surface area contributed by atoms with Gasteiger partial charge in [-0.2, -0.15) is 5.10 Å². The van der Waals surface area contributed by atoms with Crippen LogP contribution in [0.5, 0.6) is 11.5 Å². The third kappa shape index (κ3) is 6.39. The minimum Gasteiger partial charge on any atom is -0.492 e. The molecule has 3 aromatic carbocycles. The standard InChI is InChI=1S/C32H33FN2O4S/c1-21(36)18-22-8-6-9-23(19-22)20-39-28-13-7-12-27(29(28)38-2)32-35(31(37)25-10-4-3-5-11-25)34-30(40-32)24-14-16-26(33)17-15-24/h6-9,12-17,19,25,32H,3-5,10-11,18,20H2,1-2H3. The van der Waals surface area contributed by atoms with Crippen LogP contribution in [-0.4, -0.2) is 28.9 Å². The van der Waals surface area contributed by atoms with E-state index in [1.165, 1.54) is 23.9 Å². The maximum absolute atomic E-state index is 13.8. The highest BCUT2D eigenvalue weighted by Crippen LogP contribution is 2.48. The Morgan fingerprint density at radius 3 is 2.45 bits per heavy atom. The molecular formula is C32H33FN2O4S. The molecule has 5 rings (SSSR count). The van der Waals surface area contributed by atoms with Crippen molar-refractivity contribution in [3.05, 3.63) is 94.8 Å². The molecule has 2 aliphatic rings. The van der Waals surface area contributed by atoms with Gasteiger partial charge in [-0.25, -0.2) is 9.40 Å². The number of carbonyl (C=O) groups excluding carboxylic acids is 2. The van der Waals surface area contributed by atoms with Gasteiger partial charge in [-0.05, 0) is 61.2 Å². The number of benzene rings is 3. The Morgan fingerprint density at radius 1 is 1.00 bits per heavy atom. The molecule has 1 aliphatic heterocycles. The fourth-order valence-electron chi connectivity index (χ4n) is 5.28. The van der Waals surface area contributed by atoms with E-state index in [0.29, 0.717) is 29.6 Å². The molecule has 1 atom stereocenters. The maximum Gasteiger partial charge on any atom is 0.247 e. The van der Waals surface area contributed by atoms with Gasteiger partial charge in [-0.3, -0.25) is 9.59 Å². The monoisotopic (exact) mass is 560 g/mol. The lowest BCUT2D eigenvalue weighted by molar-refractivity contribution is -0.137. The third-order valence-electron chi connectivity index (χ3n) is 7.23. The number of hydrogen-bond acceptors (Lipinski definition) is 6. The lowest BCUT2D eigenvalue weighted by atomic mass is 9.88. The number of ether oxygens (including phenoxy) is 2. The molecule has 0 saturated heterocycles. The second-order valence-corrected chi connectivity index (χ2v) is 11.3. The molecule has 1 aliphatic carbocycles. The molecule has 0 N–H and O–H groups in total. The Balaban J connectivity index is 1.43. The highest BCUT2D eigenvalue weighted by atomic mass is 32.2. The van der Waals surface area contributed by atoms with Gasteiger partial charge in [0.2, 0.25) is 5.91 Å². The number of amides is 1. The predicted molar refractivity (Wildman–Crippen MR) is 155 cm³/mol. The van der Waals surface area contributed by atoms with E-state index in [9.17, 15) is 14.0 Å². The molecule has 208 valence electrons. The van der Waals surface area contributed by atoms with Crippen molar-refractivity contribution >= 4 is 28.5 Å². The molecule has 1 amide bonds. The van der Waals surface area contributed by atoms with Crippen LogP contribution in [0.4, 0.5) is 4.39 Å². The first-order valence-corrected chi connectivity index (χ1v) is 14.5. The quantitative estimate of drug-likeness (QED) is 0.280. The molecule has 8 heteroatoms. The smallest absolute Gasteiger partial charge is 0.247 e. The number of nitrogens with zero attached hydrogens (tertiary/aromatic N) is 2. The summed E-state index contributed by atoms with van der Waals surface area (Å²) in [5.74, 6) is 0.814.